The predicted molar refractivity (Wildman–Crippen MR) is 132 cm³/mol. The van der Waals surface area contributed by atoms with Crippen LogP contribution in [0.15, 0.2) is 36.4 Å². The number of aliphatic hydroxyl groups excluding tert-OH is 3. The summed E-state index contributed by atoms with van der Waals surface area (Å²) in [6.07, 6.45) is -1.31. The molecule has 0 unspecified atom stereocenters. The first-order valence-corrected chi connectivity index (χ1v) is 12.8. The molecule has 1 saturated heterocycles. The molecule has 7 nitrogen and oxygen atoms in total. The van der Waals surface area contributed by atoms with Gasteiger partial charge in [-0.3, -0.25) is 0 Å². The van der Waals surface area contributed by atoms with Gasteiger partial charge in [0.1, 0.15) is 42.0 Å². The van der Waals surface area contributed by atoms with Gasteiger partial charge in [-0.15, -0.1) is 0 Å². The Morgan fingerprint density at radius 2 is 1.69 bits per heavy atom. The lowest BCUT2D eigenvalue weighted by Gasteiger charge is -2.41. The molecule has 2 aliphatic rings. The molecule has 0 amide bonds. The monoisotopic (exact) mass is 506 g/mol. The highest BCUT2D eigenvalue weighted by molar-refractivity contribution is 6.31. The molecule has 3 N–H and O–H groups in total. The molecule has 2 aromatic carbocycles. The van der Waals surface area contributed by atoms with Crippen molar-refractivity contribution in [3.8, 4) is 11.5 Å². The van der Waals surface area contributed by atoms with E-state index in [-0.39, 0.29) is 6.61 Å². The maximum Gasteiger partial charge on any atom is 0.126 e. The molecule has 0 saturated carbocycles. The summed E-state index contributed by atoms with van der Waals surface area (Å²) in [4.78, 5) is 0. The third kappa shape index (κ3) is 6.47. The van der Waals surface area contributed by atoms with Gasteiger partial charge in [-0.1, -0.05) is 30.2 Å². The van der Waals surface area contributed by atoms with Crippen LogP contribution in [0.4, 0.5) is 0 Å². The SMILES string of the molecule is CCOc1ccc(Cc2cc3c(cc2Cl)OCCCCCCOC[C@H]2O[C@@H]3[C@H](O)[C@@H](O)[C@@H]2O)cc1. The van der Waals surface area contributed by atoms with Crippen molar-refractivity contribution in [2.24, 2.45) is 0 Å². The second kappa shape index (κ2) is 12.4. The van der Waals surface area contributed by atoms with Gasteiger partial charge in [0.05, 0.1) is 19.8 Å². The summed E-state index contributed by atoms with van der Waals surface area (Å²) in [5, 5.41) is 32.5. The number of halogens is 1. The maximum absolute atomic E-state index is 10.9. The van der Waals surface area contributed by atoms with E-state index in [4.69, 9.17) is 30.5 Å². The summed E-state index contributed by atoms with van der Waals surface area (Å²) in [5.41, 5.74) is 2.48. The van der Waals surface area contributed by atoms with Crippen LogP contribution in [0.25, 0.3) is 0 Å². The van der Waals surface area contributed by atoms with Crippen LogP contribution in [0, 0.1) is 0 Å². The predicted octanol–water partition coefficient (Wildman–Crippen LogP) is 3.82. The molecule has 1 fully saturated rings. The lowest BCUT2D eigenvalue weighted by Crippen LogP contribution is -2.55. The third-order valence-electron chi connectivity index (χ3n) is 6.55. The van der Waals surface area contributed by atoms with Crippen molar-refractivity contribution < 1.29 is 34.3 Å². The first kappa shape index (κ1) is 26.2. The smallest absolute Gasteiger partial charge is 0.126 e. The van der Waals surface area contributed by atoms with E-state index < -0.39 is 30.5 Å². The van der Waals surface area contributed by atoms with Gasteiger partial charge in [0.25, 0.3) is 0 Å². The summed E-state index contributed by atoms with van der Waals surface area (Å²) in [5.74, 6) is 1.31. The van der Waals surface area contributed by atoms with Crippen molar-refractivity contribution in [1.29, 1.82) is 0 Å². The van der Waals surface area contributed by atoms with Gasteiger partial charge in [0.15, 0.2) is 0 Å². The normalized spacial score (nSPS) is 27.9. The quantitative estimate of drug-likeness (QED) is 0.580. The molecule has 2 bridgehead atoms. The van der Waals surface area contributed by atoms with Gasteiger partial charge >= 0.3 is 0 Å². The van der Waals surface area contributed by atoms with Crippen molar-refractivity contribution in [1.82, 2.24) is 0 Å². The van der Waals surface area contributed by atoms with Crippen LogP contribution in [-0.4, -0.2) is 66.2 Å². The fourth-order valence-corrected chi connectivity index (χ4v) is 4.80. The second-order valence-electron chi connectivity index (χ2n) is 9.14. The summed E-state index contributed by atoms with van der Waals surface area (Å²) in [6, 6.07) is 11.4. The number of hydrogen-bond donors (Lipinski definition) is 3. The Balaban J connectivity index is 1.66. The zero-order valence-electron chi connectivity index (χ0n) is 20.1. The van der Waals surface area contributed by atoms with E-state index in [9.17, 15) is 15.3 Å². The molecule has 8 heteroatoms. The number of fused-ring (bicyclic) bond motifs is 4. The minimum atomic E-state index is -1.38. The van der Waals surface area contributed by atoms with Crippen LogP contribution in [0.2, 0.25) is 5.02 Å². The number of hydrogen-bond acceptors (Lipinski definition) is 7. The van der Waals surface area contributed by atoms with Gasteiger partial charge in [-0.05, 0) is 68.0 Å². The topological polar surface area (TPSA) is 97.6 Å². The minimum Gasteiger partial charge on any atom is -0.494 e. The van der Waals surface area contributed by atoms with Gasteiger partial charge in [-0.25, -0.2) is 0 Å². The van der Waals surface area contributed by atoms with Gasteiger partial charge in [0, 0.05) is 17.2 Å². The molecule has 192 valence electrons. The Bertz CT molecular complexity index is 951. The van der Waals surface area contributed by atoms with E-state index >= 15 is 0 Å². The Morgan fingerprint density at radius 1 is 0.943 bits per heavy atom. The van der Waals surface area contributed by atoms with E-state index in [1.807, 2.05) is 37.3 Å². The lowest BCUT2D eigenvalue weighted by atomic mass is 9.89. The molecule has 4 rings (SSSR count). The summed E-state index contributed by atoms with van der Waals surface area (Å²) >= 11 is 6.67. The molecule has 2 heterocycles. The first-order valence-electron chi connectivity index (χ1n) is 12.4. The van der Waals surface area contributed by atoms with Crippen molar-refractivity contribution in [3.63, 3.8) is 0 Å². The molecular weight excluding hydrogens is 472 g/mol. The Morgan fingerprint density at radius 3 is 2.43 bits per heavy atom. The molecule has 2 aromatic rings. The molecule has 2 aliphatic heterocycles. The average molecular weight is 507 g/mol. The van der Waals surface area contributed by atoms with Gasteiger partial charge in [0.2, 0.25) is 0 Å². The fourth-order valence-electron chi connectivity index (χ4n) is 4.58. The fraction of sp³-hybridized carbons (Fsp3) is 0.556. The van der Waals surface area contributed by atoms with E-state index in [1.165, 1.54) is 0 Å². The molecule has 0 radical (unpaired) electrons. The number of benzene rings is 2. The first-order chi connectivity index (χ1) is 17.0. The maximum atomic E-state index is 10.9. The molecule has 0 aromatic heterocycles. The van der Waals surface area contributed by atoms with Crippen LogP contribution >= 0.6 is 11.6 Å². The third-order valence-corrected chi connectivity index (χ3v) is 6.90. The Kier molecular flexibility index (Phi) is 9.27. The van der Waals surface area contributed by atoms with E-state index in [0.29, 0.717) is 42.6 Å². The highest BCUT2D eigenvalue weighted by atomic mass is 35.5. The van der Waals surface area contributed by atoms with Crippen LogP contribution < -0.4 is 9.47 Å². The minimum absolute atomic E-state index is 0.129. The van der Waals surface area contributed by atoms with Crippen molar-refractivity contribution in [2.75, 3.05) is 26.4 Å². The van der Waals surface area contributed by atoms with Crippen molar-refractivity contribution >= 4 is 11.6 Å². The van der Waals surface area contributed by atoms with Crippen LogP contribution in [0.5, 0.6) is 11.5 Å². The Hall–Kier alpha value is -1.87. The molecule has 35 heavy (non-hydrogen) atoms. The number of rotatable bonds is 4. The number of aliphatic hydroxyl groups is 3. The largest absolute Gasteiger partial charge is 0.494 e. The van der Waals surface area contributed by atoms with Gasteiger partial charge in [-0.2, -0.15) is 0 Å². The van der Waals surface area contributed by atoms with Crippen LogP contribution in [0.3, 0.4) is 0 Å². The second-order valence-corrected chi connectivity index (χ2v) is 9.55. The van der Waals surface area contributed by atoms with Crippen molar-refractivity contribution in [3.05, 3.63) is 58.1 Å². The number of ether oxygens (including phenoxy) is 4. The lowest BCUT2D eigenvalue weighted by molar-refractivity contribution is -0.235. The van der Waals surface area contributed by atoms with E-state index in [1.54, 1.807) is 6.07 Å². The zero-order valence-corrected chi connectivity index (χ0v) is 20.8. The summed E-state index contributed by atoms with van der Waals surface area (Å²) in [6.45, 7) is 3.73. The summed E-state index contributed by atoms with van der Waals surface area (Å²) in [7, 11) is 0. The average Bonchev–Trinajstić information content (AvgIpc) is 2.85. The molecule has 0 aliphatic carbocycles. The molecular formula is C27H35ClO7. The van der Waals surface area contributed by atoms with E-state index in [2.05, 4.69) is 0 Å². The summed E-state index contributed by atoms with van der Waals surface area (Å²) < 4.78 is 23.5. The van der Waals surface area contributed by atoms with Crippen LogP contribution in [0.1, 0.15) is 55.4 Å². The highest BCUT2D eigenvalue weighted by Crippen LogP contribution is 2.40. The standard InChI is InChI=1S/C27H35ClO7/c1-2-33-19-9-7-17(8-10-19)13-18-14-20-22(15-21(18)28)34-12-6-4-3-5-11-32-16-23-24(29)25(30)26(31)27(20)35-23/h7-10,14-15,23-27,29-31H,2-6,11-13,16H2,1H3/t23-,24-,25+,26-,27+/m1/s1. The van der Waals surface area contributed by atoms with Crippen LogP contribution in [-0.2, 0) is 15.9 Å². The van der Waals surface area contributed by atoms with Gasteiger partial charge < -0.3 is 34.3 Å². The highest BCUT2D eigenvalue weighted by Gasteiger charge is 2.45. The van der Waals surface area contributed by atoms with Crippen molar-refractivity contribution in [2.45, 2.75) is 69.5 Å². The Labute approximate surface area is 211 Å². The zero-order chi connectivity index (χ0) is 24.8. The van der Waals surface area contributed by atoms with E-state index in [0.717, 1.165) is 42.6 Å². The molecule has 5 atom stereocenters. The molecule has 0 spiro atoms.